The Morgan fingerprint density at radius 1 is 1.03 bits per heavy atom. The number of fused-ring (bicyclic) bond motifs is 1. The number of para-hydroxylation sites is 1. The number of nitrogens with two attached hydrogens (primary N) is 1. The van der Waals surface area contributed by atoms with Crippen molar-refractivity contribution in [1.82, 2.24) is 0 Å². The number of nitrogens with zero attached hydrogens (tertiary/aromatic N) is 2. The highest BCUT2D eigenvalue weighted by Gasteiger charge is 2.27. The van der Waals surface area contributed by atoms with E-state index >= 15 is 0 Å². The minimum absolute atomic E-state index is 0.814. The van der Waals surface area contributed by atoms with E-state index in [1.165, 1.54) is 7.05 Å². The molecule has 0 radical (unpaired) electrons. The van der Waals surface area contributed by atoms with Gasteiger partial charge in [-0.2, -0.15) is 4.58 Å². The van der Waals surface area contributed by atoms with Gasteiger partial charge in [-0.1, -0.05) is 18.1 Å². The number of benzene rings is 2. The van der Waals surface area contributed by atoms with Crippen molar-refractivity contribution in [3.05, 3.63) is 94.9 Å². The predicted octanol–water partition coefficient (Wildman–Crippen LogP) is 5.51. The highest BCUT2D eigenvalue weighted by atomic mass is 16.5. The molecule has 2 aromatic carbocycles. The lowest BCUT2D eigenvalue weighted by molar-refractivity contribution is -0.379. The van der Waals surface area contributed by atoms with Gasteiger partial charge in [0.05, 0.1) is 5.56 Å². The van der Waals surface area contributed by atoms with Crippen molar-refractivity contribution in [3.8, 4) is 18.1 Å². The van der Waals surface area contributed by atoms with Gasteiger partial charge in [0.15, 0.2) is 11.4 Å². The monoisotopic (exact) mass is 470 g/mol. The maximum atomic E-state index is 6.08. The molecule has 0 aliphatic carbocycles. The van der Waals surface area contributed by atoms with Crippen LogP contribution in [0, 0.1) is 12.3 Å². The summed E-state index contributed by atoms with van der Waals surface area (Å²) in [6.07, 6.45) is 16.1. The number of allylic oxidation sites excluding steroid dienone is 6. The number of terminal acetylenes is 1. The van der Waals surface area contributed by atoms with E-state index in [9.17, 15) is 0 Å². The number of ether oxygens (including phenoxy) is 2. The van der Waals surface area contributed by atoms with Crippen molar-refractivity contribution in [2.75, 3.05) is 40.3 Å². The zero-order valence-electron chi connectivity index (χ0n) is 21.8. The van der Waals surface area contributed by atoms with Crippen LogP contribution in [0.4, 0.5) is 11.4 Å². The van der Waals surface area contributed by atoms with Crippen LogP contribution in [0.25, 0.3) is 6.08 Å². The van der Waals surface area contributed by atoms with E-state index in [1.807, 2.05) is 50.5 Å². The van der Waals surface area contributed by atoms with Gasteiger partial charge in [0.1, 0.15) is 11.5 Å². The lowest BCUT2D eigenvalue weighted by atomic mass is 10.1. The molecule has 0 fully saturated rings. The second kappa shape index (κ2) is 13.1. The molecule has 2 heterocycles. The van der Waals surface area contributed by atoms with Gasteiger partial charge in [0, 0.05) is 71.1 Å². The average Bonchev–Trinajstić information content (AvgIpc) is 3.16. The van der Waals surface area contributed by atoms with Crippen LogP contribution < -0.4 is 15.4 Å². The van der Waals surface area contributed by atoms with Crippen LogP contribution in [-0.2, 0) is 4.74 Å². The minimum Gasteiger partial charge on any atom is -0.457 e. The van der Waals surface area contributed by atoms with Gasteiger partial charge in [0.25, 0.3) is 0 Å². The first kappa shape index (κ1) is 27.4. The van der Waals surface area contributed by atoms with Gasteiger partial charge < -0.3 is 20.1 Å². The van der Waals surface area contributed by atoms with Gasteiger partial charge in [-0.05, 0) is 55.6 Å². The maximum absolute atomic E-state index is 6.08. The number of hydrogen-bond acceptors (Lipinski definition) is 4. The summed E-state index contributed by atoms with van der Waals surface area (Å²) in [5, 5.41) is 0. The number of hydrogen-bond donors (Lipinski definition) is 1. The molecule has 0 bridgehead atoms. The molecule has 0 atom stereocenters. The van der Waals surface area contributed by atoms with E-state index in [-0.39, 0.29) is 0 Å². The summed E-state index contributed by atoms with van der Waals surface area (Å²) in [7, 11) is 8.82. The molecular formula is C30H36N3O2+. The lowest BCUT2D eigenvalue weighted by Crippen LogP contribution is -2.09. The third kappa shape index (κ3) is 6.60. The Labute approximate surface area is 210 Å². The summed E-state index contributed by atoms with van der Waals surface area (Å²) in [4.78, 5) is 2.08. The summed E-state index contributed by atoms with van der Waals surface area (Å²) in [6.45, 7) is 4.21. The molecule has 0 saturated carbocycles. The second-order valence-corrected chi connectivity index (χ2v) is 8.02. The fourth-order valence-electron chi connectivity index (χ4n) is 3.75. The molecule has 182 valence electrons. The summed E-state index contributed by atoms with van der Waals surface area (Å²) >= 11 is 0. The van der Waals surface area contributed by atoms with Crippen molar-refractivity contribution in [1.29, 1.82) is 0 Å². The minimum atomic E-state index is 0.814. The first-order valence-electron chi connectivity index (χ1n) is 11.3. The molecule has 0 unspecified atom stereocenters. The average molecular weight is 471 g/mol. The Morgan fingerprint density at radius 2 is 1.71 bits per heavy atom. The Bertz CT molecular complexity index is 1240. The summed E-state index contributed by atoms with van der Waals surface area (Å²) in [5.41, 5.74) is 12.1. The van der Waals surface area contributed by atoms with Gasteiger partial charge in [-0.15, -0.1) is 6.42 Å². The van der Waals surface area contributed by atoms with Gasteiger partial charge in [0.2, 0.25) is 5.69 Å². The molecule has 5 heteroatoms. The molecule has 0 amide bonds. The van der Waals surface area contributed by atoms with E-state index in [2.05, 4.69) is 76.1 Å². The molecule has 2 aliphatic heterocycles. The van der Waals surface area contributed by atoms with E-state index in [0.717, 1.165) is 51.0 Å². The molecular weight excluding hydrogens is 434 g/mol. The lowest BCUT2D eigenvalue weighted by Gasteiger charge is -2.18. The Balaban J connectivity index is 0.000000803. The van der Waals surface area contributed by atoms with Gasteiger partial charge in [-0.25, -0.2) is 0 Å². The van der Waals surface area contributed by atoms with Crippen LogP contribution in [0.5, 0.6) is 5.75 Å². The molecule has 0 spiro atoms. The molecule has 0 saturated heterocycles. The highest BCUT2D eigenvalue weighted by Crippen LogP contribution is 2.31. The topological polar surface area (TPSA) is 50.7 Å². The first-order valence-corrected chi connectivity index (χ1v) is 11.3. The fraction of sp³-hybridized carbons (Fsp3) is 0.233. The molecule has 0 aromatic heterocycles. The zero-order chi connectivity index (χ0) is 26.0. The standard InChI is InChI=1S/C27H25N2O.C2H6O.CH5N/c1-6-21-9-7-8-10-26(21)29-19(2)17-22(20(29)3)11-14-25-15-12-23-18-24(28(4)5)13-16-27(23)30-25;1-3-2;1-2/h1,7-18H,2-5H3;1-2H3;2H2,1H3/q+1;;/b22-11+,25-14-;;. The number of anilines is 1. The molecule has 5 nitrogen and oxygen atoms in total. The van der Waals surface area contributed by atoms with Crippen LogP contribution in [0.3, 0.4) is 0 Å². The normalized spacial score (nSPS) is 15.8. The van der Waals surface area contributed by atoms with Crippen molar-refractivity contribution < 1.29 is 14.0 Å². The SMILES string of the molecule is C#Cc1ccccc1[N+]1=C(C)/C(=C/C=C2/C=Cc3cc(N(C)C)ccc3O2)C=C1C.CN.COC. The maximum Gasteiger partial charge on any atom is 0.226 e. The molecule has 2 N–H and O–H groups in total. The van der Waals surface area contributed by atoms with Crippen LogP contribution in [0.15, 0.2) is 83.8 Å². The molecule has 2 aromatic rings. The Morgan fingerprint density at radius 3 is 2.37 bits per heavy atom. The van der Waals surface area contributed by atoms with E-state index in [1.54, 1.807) is 14.2 Å². The van der Waals surface area contributed by atoms with Crippen LogP contribution >= 0.6 is 0 Å². The van der Waals surface area contributed by atoms with E-state index in [4.69, 9.17) is 11.2 Å². The van der Waals surface area contributed by atoms with Crippen molar-refractivity contribution >= 4 is 23.2 Å². The zero-order valence-corrected chi connectivity index (χ0v) is 21.8. The van der Waals surface area contributed by atoms with Crippen molar-refractivity contribution in [2.24, 2.45) is 5.73 Å². The smallest absolute Gasteiger partial charge is 0.226 e. The molecule has 35 heavy (non-hydrogen) atoms. The quantitative estimate of drug-likeness (QED) is 0.475. The van der Waals surface area contributed by atoms with Crippen LogP contribution in [-0.4, -0.2) is 45.6 Å². The first-order chi connectivity index (χ1) is 16.9. The molecule has 2 aliphatic rings. The summed E-state index contributed by atoms with van der Waals surface area (Å²) in [5.74, 6) is 4.47. The van der Waals surface area contributed by atoms with E-state index < -0.39 is 0 Å². The van der Waals surface area contributed by atoms with Crippen LogP contribution in [0.1, 0.15) is 25.0 Å². The second-order valence-electron chi connectivity index (χ2n) is 8.02. The number of rotatable bonds is 3. The van der Waals surface area contributed by atoms with Gasteiger partial charge in [-0.3, -0.25) is 0 Å². The van der Waals surface area contributed by atoms with Crippen molar-refractivity contribution in [3.63, 3.8) is 0 Å². The molecule has 4 rings (SSSR count). The Hall–Kier alpha value is -3.85. The summed E-state index contributed by atoms with van der Waals surface area (Å²) < 4.78 is 12.5. The highest BCUT2D eigenvalue weighted by molar-refractivity contribution is 6.00. The van der Waals surface area contributed by atoms with Gasteiger partial charge >= 0.3 is 0 Å². The third-order valence-electron chi connectivity index (χ3n) is 5.36. The largest absolute Gasteiger partial charge is 0.457 e. The van der Waals surface area contributed by atoms with E-state index in [0.29, 0.717) is 0 Å². The Kier molecular flexibility index (Phi) is 10.3. The van der Waals surface area contributed by atoms with Crippen LogP contribution in [0.2, 0.25) is 0 Å². The number of methoxy groups -OCH3 is 1. The third-order valence-corrected chi connectivity index (χ3v) is 5.36. The fourth-order valence-corrected chi connectivity index (χ4v) is 3.75. The van der Waals surface area contributed by atoms with Crippen molar-refractivity contribution in [2.45, 2.75) is 13.8 Å². The predicted molar refractivity (Wildman–Crippen MR) is 148 cm³/mol. The summed E-state index contributed by atoms with van der Waals surface area (Å²) in [6, 6.07) is 14.2.